The first-order chi connectivity index (χ1) is 15.2. The second kappa shape index (κ2) is 8.11. The minimum atomic E-state index is 0.851. The van der Waals surface area contributed by atoms with Crippen LogP contribution in [0, 0.1) is 0 Å². The number of fused-ring (bicyclic) bond motifs is 5. The molecule has 0 saturated heterocycles. The molecule has 2 heteroatoms. The molecule has 1 aliphatic heterocycles. The van der Waals surface area contributed by atoms with Crippen molar-refractivity contribution in [1.29, 1.82) is 0 Å². The minimum absolute atomic E-state index is 0.851. The summed E-state index contributed by atoms with van der Waals surface area (Å²) >= 11 is 0. The lowest BCUT2D eigenvalue weighted by Crippen LogP contribution is -1.93. The third-order valence-electron chi connectivity index (χ3n) is 6.29. The van der Waals surface area contributed by atoms with Crippen LogP contribution in [0.25, 0.3) is 44.0 Å². The molecule has 0 aromatic heterocycles. The van der Waals surface area contributed by atoms with Crippen LogP contribution >= 0.6 is 0 Å². The summed E-state index contributed by atoms with van der Waals surface area (Å²) in [6.07, 6.45) is 4.34. The number of unbranched alkanes of at least 4 members (excludes halogenated alkanes) is 1. The maximum atomic E-state index is 6.47. The van der Waals surface area contributed by atoms with Crippen LogP contribution in [0.1, 0.15) is 38.0 Å². The summed E-state index contributed by atoms with van der Waals surface area (Å²) in [5.74, 6) is 1.92. The van der Waals surface area contributed by atoms with Gasteiger partial charge < -0.3 is 9.15 Å². The Labute approximate surface area is 183 Å². The number of methoxy groups -OCH3 is 1. The van der Waals surface area contributed by atoms with Crippen molar-refractivity contribution < 1.29 is 9.15 Å². The van der Waals surface area contributed by atoms with Crippen LogP contribution in [0.4, 0.5) is 0 Å². The summed E-state index contributed by atoms with van der Waals surface area (Å²) in [5, 5.41) is 3.66. The van der Waals surface area contributed by atoms with E-state index in [1.807, 2.05) is 0 Å². The topological polar surface area (TPSA) is 22.4 Å². The average molecular weight is 409 g/mol. The molecule has 2 nitrogen and oxygen atoms in total. The summed E-state index contributed by atoms with van der Waals surface area (Å²) in [4.78, 5) is 0. The van der Waals surface area contributed by atoms with Gasteiger partial charge in [0, 0.05) is 22.9 Å². The van der Waals surface area contributed by atoms with Crippen molar-refractivity contribution in [3.8, 4) is 28.0 Å². The van der Waals surface area contributed by atoms with E-state index in [1.54, 1.807) is 7.11 Å². The minimum Gasteiger partial charge on any atom is -0.497 e. The third-order valence-corrected chi connectivity index (χ3v) is 6.29. The highest BCUT2D eigenvalue weighted by molar-refractivity contribution is 6.21. The number of ether oxygens (including phenoxy) is 1. The Balaban J connectivity index is 1.95. The van der Waals surface area contributed by atoms with Crippen molar-refractivity contribution in [3.05, 3.63) is 78.1 Å². The van der Waals surface area contributed by atoms with Crippen LogP contribution in [0.15, 0.2) is 71.1 Å². The van der Waals surface area contributed by atoms with Gasteiger partial charge in [-0.2, -0.15) is 0 Å². The molecule has 3 aromatic carbocycles. The smallest absolute Gasteiger partial charge is 0.134 e. The molecule has 0 bridgehead atoms. The van der Waals surface area contributed by atoms with E-state index in [-0.39, 0.29) is 0 Å². The molecule has 156 valence electrons. The normalized spacial score (nSPS) is 11.6. The molecule has 5 rings (SSSR count). The van der Waals surface area contributed by atoms with Gasteiger partial charge in [-0.25, -0.2) is 0 Å². The highest BCUT2D eigenvalue weighted by Gasteiger charge is 2.26. The van der Waals surface area contributed by atoms with Gasteiger partial charge in [0.15, 0.2) is 0 Å². The molecule has 0 N–H and O–H groups in total. The molecule has 0 unspecified atom stereocenters. The summed E-state index contributed by atoms with van der Waals surface area (Å²) in [5.41, 5.74) is 7.36. The number of rotatable bonds is 6. The van der Waals surface area contributed by atoms with Crippen molar-refractivity contribution in [1.82, 2.24) is 0 Å². The Morgan fingerprint density at radius 3 is 2.35 bits per heavy atom. The third kappa shape index (κ3) is 3.27. The number of hydrogen-bond acceptors (Lipinski definition) is 2. The van der Waals surface area contributed by atoms with Crippen molar-refractivity contribution in [2.45, 2.75) is 39.5 Å². The van der Waals surface area contributed by atoms with Gasteiger partial charge in [-0.05, 0) is 70.6 Å². The summed E-state index contributed by atoms with van der Waals surface area (Å²) in [6.45, 7) is 4.41. The van der Waals surface area contributed by atoms with E-state index in [2.05, 4.69) is 80.6 Å². The molecule has 0 atom stereocenters. The highest BCUT2D eigenvalue weighted by atomic mass is 16.5. The van der Waals surface area contributed by atoms with E-state index in [0.29, 0.717) is 0 Å². The number of hydrogen-bond donors (Lipinski definition) is 0. The fourth-order valence-electron chi connectivity index (χ4n) is 4.76. The monoisotopic (exact) mass is 408 g/mol. The van der Waals surface area contributed by atoms with E-state index < -0.39 is 0 Å². The maximum Gasteiger partial charge on any atom is 0.134 e. The van der Waals surface area contributed by atoms with E-state index in [4.69, 9.17) is 9.15 Å². The zero-order valence-corrected chi connectivity index (χ0v) is 18.5. The van der Waals surface area contributed by atoms with Crippen LogP contribution in [0.2, 0.25) is 0 Å². The van der Waals surface area contributed by atoms with E-state index in [0.717, 1.165) is 29.9 Å². The fraction of sp³-hybridized carbons (Fsp3) is 0.241. The van der Waals surface area contributed by atoms with Gasteiger partial charge in [-0.1, -0.05) is 56.7 Å². The van der Waals surface area contributed by atoms with Gasteiger partial charge in [0.2, 0.25) is 0 Å². The Hall–Kier alpha value is -3.26. The van der Waals surface area contributed by atoms with Crippen molar-refractivity contribution in [3.63, 3.8) is 0 Å². The lowest BCUT2D eigenvalue weighted by atomic mass is 9.94. The quantitative estimate of drug-likeness (QED) is 0.282. The first-order valence-corrected chi connectivity index (χ1v) is 11.3. The van der Waals surface area contributed by atoms with E-state index in [1.165, 1.54) is 56.8 Å². The molecule has 31 heavy (non-hydrogen) atoms. The Bertz CT molecular complexity index is 1330. The van der Waals surface area contributed by atoms with Gasteiger partial charge in [0.25, 0.3) is 0 Å². The molecule has 1 heterocycles. The standard InChI is InChI=1S/C29H28O2/c1-4-6-10-19-13-16-26-24(17-19)29-27(20-11-8-7-9-12-20)23-18-21(30-3)14-15-22(23)28(29)25(5-2)31-26/h7-9,11-18H,4-6,10H2,1-3H3. The molecule has 1 aliphatic carbocycles. The molecule has 0 spiro atoms. The summed E-state index contributed by atoms with van der Waals surface area (Å²) in [7, 11) is 1.73. The fourth-order valence-corrected chi connectivity index (χ4v) is 4.76. The number of aryl methyl sites for hydroxylation is 2. The summed E-state index contributed by atoms with van der Waals surface area (Å²) in [6, 6.07) is 23.8. The first-order valence-electron chi connectivity index (χ1n) is 11.3. The van der Waals surface area contributed by atoms with Crippen LogP contribution in [-0.2, 0) is 12.8 Å². The molecular formula is C29H28O2. The molecule has 0 amide bonds. The number of benzene rings is 3. The van der Waals surface area contributed by atoms with Gasteiger partial charge in [0.1, 0.15) is 17.1 Å². The van der Waals surface area contributed by atoms with E-state index >= 15 is 0 Å². The van der Waals surface area contributed by atoms with Crippen molar-refractivity contribution >= 4 is 21.7 Å². The molecule has 0 saturated carbocycles. The van der Waals surface area contributed by atoms with Crippen LogP contribution in [0.3, 0.4) is 0 Å². The SMILES string of the molecule is CCCCc1ccc2oc(CC)c3c4ccc(OC)cc4c(-c4ccccc4)c-3c2c1. The molecular weight excluding hydrogens is 380 g/mol. The van der Waals surface area contributed by atoms with Crippen LogP contribution in [-0.4, -0.2) is 7.11 Å². The van der Waals surface area contributed by atoms with Gasteiger partial charge in [-0.15, -0.1) is 0 Å². The zero-order valence-electron chi connectivity index (χ0n) is 18.5. The predicted molar refractivity (Wildman–Crippen MR) is 130 cm³/mol. The van der Waals surface area contributed by atoms with Gasteiger partial charge >= 0.3 is 0 Å². The molecule has 3 aromatic rings. The first kappa shape index (κ1) is 19.7. The molecule has 0 radical (unpaired) electrons. The largest absolute Gasteiger partial charge is 0.497 e. The summed E-state index contributed by atoms with van der Waals surface area (Å²) < 4.78 is 12.1. The predicted octanol–water partition coefficient (Wildman–Crippen LogP) is 8.27. The Morgan fingerprint density at radius 1 is 0.774 bits per heavy atom. The Morgan fingerprint density at radius 2 is 1.61 bits per heavy atom. The second-order valence-electron chi connectivity index (χ2n) is 8.22. The average Bonchev–Trinajstić information content (AvgIpc) is 3.17. The zero-order chi connectivity index (χ0) is 21.4. The Kier molecular flexibility index (Phi) is 5.15. The van der Waals surface area contributed by atoms with E-state index in [9.17, 15) is 0 Å². The highest BCUT2D eigenvalue weighted by Crippen LogP contribution is 2.51. The lowest BCUT2D eigenvalue weighted by molar-refractivity contribution is 0.415. The van der Waals surface area contributed by atoms with Crippen LogP contribution in [0.5, 0.6) is 5.75 Å². The van der Waals surface area contributed by atoms with Gasteiger partial charge in [-0.3, -0.25) is 0 Å². The van der Waals surface area contributed by atoms with Crippen molar-refractivity contribution in [2.75, 3.05) is 7.11 Å². The van der Waals surface area contributed by atoms with Gasteiger partial charge in [0.05, 0.1) is 7.11 Å². The lowest BCUT2D eigenvalue weighted by Gasteiger charge is -2.14. The molecule has 2 aliphatic rings. The van der Waals surface area contributed by atoms with Crippen molar-refractivity contribution in [2.24, 2.45) is 0 Å². The second-order valence-corrected chi connectivity index (χ2v) is 8.22. The van der Waals surface area contributed by atoms with Crippen LogP contribution < -0.4 is 4.74 Å². The maximum absolute atomic E-state index is 6.47. The molecule has 0 fully saturated rings.